The minimum atomic E-state index is -3.82. The Morgan fingerprint density at radius 2 is 1.71 bits per heavy atom. The summed E-state index contributed by atoms with van der Waals surface area (Å²) in [5.74, 6) is -1.20. The van der Waals surface area contributed by atoms with E-state index < -0.39 is 33.6 Å². The Kier molecular flexibility index (Phi) is 6.50. The average molecular weight is 443 g/mol. The van der Waals surface area contributed by atoms with Crippen molar-refractivity contribution in [1.29, 1.82) is 0 Å². The summed E-state index contributed by atoms with van der Waals surface area (Å²) in [7, 11) is -3.82. The molecule has 0 aromatic heterocycles. The van der Waals surface area contributed by atoms with E-state index in [1.54, 1.807) is 31.2 Å². The van der Waals surface area contributed by atoms with Crippen LogP contribution in [0, 0.1) is 20.8 Å². The summed E-state index contributed by atoms with van der Waals surface area (Å²) < 4.78 is 31.4. The van der Waals surface area contributed by atoms with Crippen LogP contribution < -0.4 is 10.6 Å². The Morgan fingerprint density at radius 1 is 1.03 bits per heavy atom. The number of esters is 1. The number of sulfone groups is 1. The first-order valence-electron chi connectivity index (χ1n) is 9.96. The van der Waals surface area contributed by atoms with E-state index in [1.807, 2.05) is 32.9 Å². The Balaban J connectivity index is 2.10. The van der Waals surface area contributed by atoms with Gasteiger partial charge in [-0.1, -0.05) is 35.9 Å². The molecule has 2 amide bonds. The maximum Gasteiger partial charge on any atom is 0.338 e. The van der Waals surface area contributed by atoms with Crippen LogP contribution in [0.1, 0.15) is 35.2 Å². The topological polar surface area (TPSA) is 102 Å². The van der Waals surface area contributed by atoms with Gasteiger partial charge in [0, 0.05) is 5.70 Å². The Bertz CT molecular complexity index is 1150. The van der Waals surface area contributed by atoms with Crippen molar-refractivity contribution in [3.8, 4) is 0 Å². The molecule has 31 heavy (non-hydrogen) atoms. The monoisotopic (exact) mass is 442 g/mol. The number of ether oxygens (including phenoxy) is 1. The number of hydrogen-bond acceptors (Lipinski definition) is 5. The van der Waals surface area contributed by atoms with Gasteiger partial charge in [0.15, 0.2) is 9.84 Å². The molecule has 0 radical (unpaired) electrons. The molecule has 2 aromatic carbocycles. The number of urea groups is 1. The second kappa shape index (κ2) is 8.93. The lowest BCUT2D eigenvalue weighted by Crippen LogP contribution is -2.47. The molecule has 1 aliphatic heterocycles. The first kappa shape index (κ1) is 22.6. The zero-order valence-electron chi connectivity index (χ0n) is 18.0. The van der Waals surface area contributed by atoms with Gasteiger partial charge in [0.1, 0.15) is 0 Å². The van der Waals surface area contributed by atoms with E-state index in [0.717, 1.165) is 16.7 Å². The van der Waals surface area contributed by atoms with Gasteiger partial charge in [-0.15, -0.1) is 0 Å². The van der Waals surface area contributed by atoms with Gasteiger partial charge in [-0.05, 0) is 56.5 Å². The number of hydrogen-bond donors (Lipinski definition) is 2. The van der Waals surface area contributed by atoms with E-state index >= 15 is 0 Å². The summed E-state index contributed by atoms with van der Waals surface area (Å²) in [6.07, 6.45) is 0. The third-order valence-corrected chi connectivity index (χ3v) is 6.87. The summed E-state index contributed by atoms with van der Waals surface area (Å²) in [6.45, 7) is 7.44. The van der Waals surface area contributed by atoms with Crippen LogP contribution in [0.2, 0.25) is 0 Å². The molecule has 1 aliphatic rings. The minimum absolute atomic E-state index is 0.0194. The van der Waals surface area contributed by atoms with Crippen molar-refractivity contribution in [2.45, 2.75) is 38.6 Å². The van der Waals surface area contributed by atoms with E-state index in [4.69, 9.17) is 4.74 Å². The molecule has 0 unspecified atom stereocenters. The molecule has 164 valence electrons. The minimum Gasteiger partial charge on any atom is -0.463 e. The number of carbonyl (C=O) groups is 2. The van der Waals surface area contributed by atoms with Gasteiger partial charge < -0.3 is 15.4 Å². The summed E-state index contributed by atoms with van der Waals surface area (Å²) in [4.78, 5) is 25.3. The van der Waals surface area contributed by atoms with Crippen molar-refractivity contribution in [3.63, 3.8) is 0 Å². The molecule has 3 rings (SSSR count). The fraction of sp³-hybridized carbons (Fsp3) is 0.304. The summed E-state index contributed by atoms with van der Waals surface area (Å²) in [5, 5.41) is 5.23. The van der Waals surface area contributed by atoms with E-state index in [0.29, 0.717) is 5.56 Å². The lowest BCUT2D eigenvalue weighted by Gasteiger charge is -2.29. The predicted molar refractivity (Wildman–Crippen MR) is 117 cm³/mol. The molecule has 1 atom stereocenters. The number of aryl methyl sites for hydroxylation is 3. The van der Waals surface area contributed by atoms with Crippen LogP contribution in [-0.2, 0) is 19.4 Å². The van der Waals surface area contributed by atoms with Gasteiger partial charge in [-0.3, -0.25) is 0 Å². The van der Waals surface area contributed by atoms with Crippen LogP contribution >= 0.6 is 0 Å². The van der Waals surface area contributed by atoms with Crippen molar-refractivity contribution in [2.75, 3.05) is 12.4 Å². The number of carbonyl (C=O) groups excluding carboxylic acids is 2. The van der Waals surface area contributed by atoms with Gasteiger partial charge in [0.25, 0.3) is 0 Å². The quantitative estimate of drug-likeness (QED) is 0.669. The fourth-order valence-electron chi connectivity index (χ4n) is 3.37. The van der Waals surface area contributed by atoms with Gasteiger partial charge in [0.05, 0.1) is 28.9 Å². The maximum absolute atomic E-state index is 13.1. The molecule has 0 saturated heterocycles. The molecule has 1 heterocycles. The highest BCUT2D eigenvalue weighted by Gasteiger charge is 2.35. The van der Waals surface area contributed by atoms with Crippen LogP contribution in [0.3, 0.4) is 0 Å². The number of benzene rings is 2. The molecule has 0 spiro atoms. The lowest BCUT2D eigenvalue weighted by atomic mass is 9.95. The zero-order chi connectivity index (χ0) is 22.8. The van der Waals surface area contributed by atoms with Gasteiger partial charge in [-0.25, -0.2) is 18.0 Å². The number of amides is 2. The number of nitrogens with one attached hydrogen (secondary N) is 2. The van der Waals surface area contributed by atoms with E-state index in [1.165, 1.54) is 6.07 Å². The van der Waals surface area contributed by atoms with Crippen LogP contribution in [-0.4, -0.2) is 32.8 Å². The Morgan fingerprint density at radius 3 is 2.32 bits per heavy atom. The van der Waals surface area contributed by atoms with Crippen LogP contribution in [0.15, 0.2) is 58.6 Å². The zero-order valence-corrected chi connectivity index (χ0v) is 18.8. The average Bonchev–Trinajstić information content (AvgIpc) is 2.70. The molecule has 0 fully saturated rings. The highest BCUT2D eigenvalue weighted by atomic mass is 32.2. The van der Waals surface area contributed by atoms with E-state index in [-0.39, 0.29) is 22.8 Å². The van der Waals surface area contributed by atoms with Gasteiger partial charge in [-0.2, -0.15) is 0 Å². The molecular weight excluding hydrogens is 416 g/mol. The molecular formula is C23H26N2O5S. The normalized spacial score (nSPS) is 16.5. The molecule has 0 aliphatic carbocycles. The number of rotatable bonds is 6. The summed E-state index contributed by atoms with van der Waals surface area (Å²) in [6, 6.07) is 10.8. The maximum atomic E-state index is 13.1. The van der Waals surface area contributed by atoms with Crippen LogP contribution in [0.25, 0.3) is 0 Å². The molecule has 7 nitrogen and oxygen atoms in total. The Hall–Kier alpha value is -3.13. The van der Waals surface area contributed by atoms with Crippen LogP contribution in [0.5, 0.6) is 0 Å². The first-order chi connectivity index (χ1) is 14.6. The standard InChI is InChI=1S/C23H26N2O5S/c1-5-30-22(26)20-19(13-31(28,29)18-11-8-15(3)16(4)12-18)24-23(27)25-21(20)17-9-6-14(2)7-10-17/h6-12,21H,5,13H2,1-4H3,(H2,24,25,27)/t21-/m1/s1. The van der Waals surface area contributed by atoms with Crippen molar-refractivity contribution < 1.29 is 22.7 Å². The van der Waals surface area contributed by atoms with E-state index in [9.17, 15) is 18.0 Å². The van der Waals surface area contributed by atoms with Gasteiger partial charge in [0.2, 0.25) is 0 Å². The SMILES string of the molecule is CCOC(=O)C1=C(CS(=O)(=O)c2ccc(C)c(C)c2)NC(=O)N[C@@H]1c1ccc(C)cc1. The molecule has 0 bridgehead atoms. The van der Waals surface area contributed by atoms with E-state index in [2.05, 4.69) is 10.6 Å². The highest BCUT2D eigenvalue weighted by Crippen LogP contribution is 2.29. The van der Waals surface area contributed by atoms with Crippen LogP contribution in [0.4, 0.5) is 4.79 Å². The second-order valence-electron chi connectivity index (χ2n) is 7.56. The second-order valence-corrected chi connectivity index (χ2v) is 9.55. The molecule has 2 aromatic rings. The summed E-state index contributed by atoms with van der Waals surface area (Å²) >= 11 is 0. The smallest absolute Gasteiger partial charge is 0.338 e. The Labute approximate surface area is 182 Å². The van der Waals surface area contributed by atoms with Gasteiger partial charge >= 0.3 is 12.0 Å². The largest absolute Gasteiger partial charge is 0.463 e. The van der Waals surface area contributed by atoms with Crippen molar-refractivity contribution in [1.82, 2.24) is 10.6 Å². The molecule has 2 N–H and O–H groups in total. The van der Waals surface area contributed by atoms with Crippen molar-refractivity contribution in [3.05, 3.63) is 76.0 Å². The molecule has 8 heteroatoms. The molecule has 0 saturated carbocycles. The third kappa shape index (κ3) is 4.96. The first-order valence-corrected chi connectivity index (χ1v) is 11.6. The van der Waals surface area contributed by atoms with Crippen molar-refractivity contribution in [2.24, 2.45) is 0 Å². The fourth-order valence-corrected chi connectivity index (χ4v) is 4.78. The highest BCUT2D eigenvalue weighted by molar-refractivity contribution is 7.91. The lowest BCUT2D eigenvalue weighted by molar-refractivity contribution is -0.139. The van der Waals surface area contributed by atoms with Crippen molar-refractivity contribution >= 4 is 21.8 Å². The predicted octanol–water partition coefficient (Wildman–Crippen LogP) is 3.26. The third-order valence-electron chi connectivity index (χ3n) is 5.23. The summed E-state index contributed by atoms with van der Waals surface area (Å²) in [5.41, 5.74) is 3.59.